The minimum Gasteiger partial charge on any atom is -0.497 e. The summed E-state index contributed by atoms with van der Waals surface area (Å²) in [6.07, 6.45) is 3.98. The molecule has 2 aromatic heterocycles. The molecule has 0 atom stereocenters. The number of carbonyl (C=O) groups excluding carboxylic acids is 1. The third kappa shape index (κ3) is 4.78. The van der Waals surface area contributed by atoms with Gasteiger partial charge in [-0.3, -0.25) is 14.6 Å². The Morgan fingerprint density at radius 3 is 2.39 bits per heavy atom. The number of nitrogens with one attached hydrogen (secondary N) is 1. The normalized spacial score (nSPS) is 10.7. The lowest BCUT2D eigenvalue weighted by molar-refractivity contribution is -0.122. The van der Waals surface area contributed by atoms with E-state index in [2.05, 4.69) is 15.4 Å². The Hall–Kier alpha value is -4.00. The van der Waals surface area contributed by atoms with Crippen molar-refractivity contribution < 1.29 is 9.53 Å². The highest BCUT2D eigenvalue weighted by Crippen LogP contribution is 2.16. The molecule has 0 saturated carbocycles. The van der Waals surface area contributed by atoms with Crippen LogP contribution in [0.15, 0.2) is 77.9 Å². The summed E-state index contributed by atoms with van der Waals surface area (Å²) < 4.78 is 6.38. The molecule has 0 aliphatic heterocycles. The summed E-state index contributed by atoms with van der Waals surface area (Å²) in [6.45, 7) is 0.207. The molecule has 1 amide bonds. The number of carbonyl (C=O) groups is 1. The van der Waals surface area contributed by atoms with E-state index >= 15 is 0 Å². The zero-order valence-corrected chi connectivity index (χ0v) is 17.1. The van der Waals surface area contributed by atoms with E-state index in [0.29, 0.717) is 18.4 Å². The van der Waals surface area contributed by atoms with Crippen LogP contribution >= 0.6 is 0 Å². The number of amides is 1. The third-order valence-electron chi connectivity index (χ3n) is 5.01. The van der Waals surface area contributed by atoms with E-state index in [0.717, 1.165) is 28.0 Å². The molecular formula is C24H22N4O3. The minimum atomic E-state index is -0.284. The van der Waals surface area contributed by atoms with Gasteiger partial charge in [-0.1, -0.05) is 30.3 Å². The fourth-order valence-corrected chi connectivity index (χ4v) is 3.37. The molecule has 0 spiro atoms. The van der Waals surface area contributed by atoms with E-state index in [4.69, 9.17) is 4.74 Å². The monoisotopic (exact) mass is 414 g/mol. The molecule has 0 unspecified atom stereocenters. The lowest BCUT2D eigenvalue weighted by Gasteiger charge is -2.12. The molecule has 0 saturated heterocycles. The second-order valence-corrected chi connectivity index (χ2v) is 7.11. The topological polar surface area (TPSA) is 86.1 Å². The van der Waals surface area contributed by atoms with Gasteiger partial charge in [0, 0.05) is 30.7 Å². The van der Waals surface area contributed by atoms with Gasteiger partial charge in [0.25, 0.3) is 5.56 Å². The van der Waals surface area contributed by atoms with E-state index in [-0.39, 0.29) is 18.0 Å². The first-order valence-electron chi connectivity index (χ1n) is 9.91. The molecule has 7 heteroatoms. The first-order valence-corrected chi connectivity index (χ1v) is 9.91. The molecule has 0 radical (unpaired) electrons. The predicted molar refractivity (Wildman–Crippen MR) is 118 cm³/mol. The number of fused-ring (bicyclic) bond motifs is 1. The molecule has 0 aliphatic carbocycles. The second-order valence-electron chi connectivity index (χ2n) is 7.11. The van der Waals surface area contributed by atoms with Crippen LogP contribution in [0.2, 0.25) is 0 Å². The number of methoxy groups -OCH3 is 1. The zero-order valence-electron chi connectivity index (χ0n) is 17.1. The highest BCUT2D eigenvalue weighted by atomic mass is 16.5. The van der Waals surface area contributed by atoms with Crippen LogP contribution in [0, 0.1) is 0 Å². The molecule has 1 N–H and O–H groups in total. The smallest absolute Gasteiger partial charge is 0.275 e. The summed E-state index contributed by atoms with van der Waals surface area (Å²) in [5, 5.41) is 8.70. The van der Waals surface area contributed by atoms with Crippen LogP contribution in [0.1, 0.15) is 16.8 Å². The minimum absolute atomic E-state index is 0.150. The fourth-order valence-electron chi connectivity index (χ4n) is 3.37. The van der Waals surface area contributed by atoms with E-state index in [1.54, 1.807) is 25.6 Å². The Labute approximate surface area is 179 Å². The van der Waals surface area contributed by atoms with Crippen LogP contribution < -0.4 is 15.6 Å². The Morgan fingerprint density at radius 2 is 1.68 bits per heavy atom. The van der Waals surface area contributed by atoms with Crippen molar-refractivity contribution in [2.45, 2.75) is 19.5 Å². The lowest BCUT2D eigenvalue weighted by atomic mass is 10.1. The van der Waals surface area contributed by atoms with Crippen molar-refractivity contribution in [1.29, 1.82) is 0 Å². The van der Waals surface area contributed by atoms with Gasteiger partial charge in [0.15, 0.2) is 0 Å². The SMILES string of the molecule is COc1ccc(CNC(=O)Cn2nc(Cc3ccncc3)c3ccccc3c2=O)cc1. The largest absolute Gasteiger partial charge is 0.497 e. The summed E-state index contributed by atoms with van der Waals surface area (Å²) in [7, 11) is 1.61. The standard InChI is InChI=1S/C24H22N4O3/c1-31-19-8-6-18(7-9-19)15-26-23(29)16-28-24(30)21-5-3-2-4-20(21)22(27-28)14-17-10-12-25-13-11-17/h2-13H,14-16H2,1H3,(H,26,29). The molecule has 4 rings (SSSR count). The number of pyridine rings is 1. The Kier molecular flexibility index (Phi) is 6.03. The summed E-state index contributed by atoms with van der Waals surface area (Å²) in [6, 6.07) is 18.6. The van der Waals surface area contributed by atoms with Crippen molar-refractivity contribution >= 4 is 16.7 Å². The van der Waals surface area contributed by atoms with Crippen molar-refractivity contribution in [1.82, 2.24) is 20.1 Å². The summed E-state index contributed by atoms with van der Waals surface area (Å²) in [5.41, 5.74) is 2.42. The van der Waals surface area contributed by atoms with Crippen molar-refractivity contribution in [2.24, 2.45) is 0 Å². The first-order chi connectivity index (χ1) is 15.1. The number of benzene rings is 2. The Balaban J connectivity index is 1.55. The van der Waals surface area contributed by atoms with Crippen molar-refractivity contribution in [3.63, 3.8) is 0 Å². The van der Waals surface area contributed by atoms with Crippen LogP contribution in [-0.2, 0) is 24.3 Å². The van der Waals surface area contributed by atoms with Gasteiger partial charge >= 0.3 is 0 Å². The molecule has 7 nitrogen and oxygen atoms in total. The predicted octanol–water partition coefficient (Wildman–Crippen LogP) is 2.71. The van der Waals surface area contributed by atoms with E-state index in [1.807, 2.05) is 54.6 Å². The number of ether oxygens (including phenoxy) is 1. The highest BCUT2D eigenvalue weighted by Gasteiger charge is 2.13. The molecule has 0 aliphatic rings. The van der Waals surface area contributed by atoms with E-state index < -0.39 is 0 Å². The van der Waals surface area contributed by atoms with Crippen molar-refractivity contribution in [2.75, 3.05) is 7.11 Å². The van der Waals surface area contributed by atoms with Crippen LogP contribution in [0.25, 0.3) is 10.8 Å². The van der Waals surface area contributed by atoms with Gasteiger partial charge in [-0.05, 0) is 41.5 Å². The van der Waals surface area contributed by atoms with Gasteiger partial charge < -0.3 is 10.1 Å². The fraction of sp³-hybridized carbons (Fsp3) is 0.167. The number of aromatic nitrogens is 3. The average molecular weight is 414 g/mol. The Bertz CT molecular complexity index is 1250. The van der Waals surface area contributed by atoms with Gasteiger partial charge in [0.05, 0.1) is 18.2 Å². The third-order valence-corrected chi connectivity index (χ3v) is 5.01. The van der Waals surface area contributed by atoms with Gasteiger partial charge in [-0.2, -0.15) is 5.10 Å². The number of hydrogen-bond donors (Lipinski definition) is 1. The highest BCUT2D eigenvalue weighted by molar-refractivity contribution is 5.84. The molecule has 2 heterocycles. The molecule has 4 aromatic rings. The molecule has 156 valence electrons. The maximum absolute atomic E-state index is 12.9. The van der Waals surface area contributed by atoms with Crippen LogP contribution in [-0.4, -0.2) is 27.8 Å². The first kappa shape index (κ1) is 20.3. The van der Waals surface area contributed by atoms with Crippen molar-refractivity contribution in [3.05, 3.63) is 100 Å². The van der Waals surface area contributed by atoms with E-state index in [9.17, 15) is 9.59 Å². The maximum Gasteiger partial charge on any atom is 0.275 e. The van der Waals surface area contributed by atoms with Gasteiger partial charge in [-0.15, -0.1) is 0 Å². The molecule has 0 bridgehead atoms. The van der Waals surface area contributed by atoms with Gasteiger partial charge in [-0.25, -0.2) is 4.68 Å². The van der Waals surface area contributed by atoms with Gasteiger partial charge in [0.1, 0.15) is 12.3 Å². The molecule has 0 fully saturated rings. The quantitative estimate of drug-likeness (QED) is 0.503. The van der Waals surface area contributed by atoms with Crippen molar-refractivity contribution in [3.8, 4) is 5.75 Å². The number of rotatable bonds is 7. The summed E-state index contributed by atoms with van der Waals surface area (Å²) in [4.78, 5) is 29.5. The summed E-state index contributed by atoms with van der Waals surface area (Å²) in [5.74, 6) is 0.472. The zero-order chi connectivity index (χ0) is 21.6. The van der Waals surface area contributed by atoms with Crippen LogP contribution in [0.5, 0.6) is 5.75 Å². The lowest BCUT2D eigenvalue weighted by Crippen LogP contribution is -2.34. The van der Waals surface area contributed by atoms with E-state index in [1.165, 1.54) is 4.68 Å². The number of hydrogen-bond acceptors (Lipinski definition) is 5. The second kappa shape index (κ2) is 9.21. The van der Waals surface area contributed by atoms with Gasteiger partial charge in [0.2, 0.25) is 5.91 Å². The molecular weight excluding hydrogens is 392 g/mol. The average Bonchev–Trinajstić information content (AvgIpc) is 2.82. The number of nitrogens with zero attached hydrogens (tertiary/aromatic N) is 3. The molecule has 31 heavy (non-hydrogen) atoms. The van der Waals surface area contributed by atoms with Crippen LogP contribution in [0.3, 0.4) is 0 Å². The van der Waals surface area contributed by atoms with Crippen LogP contribution in [0.4, 0.5) is 0 Å². The Morgan fingerprint density at radius 1 is 0.968 bits per heavy atom. The maximum atomic E-state index is 12.9. The molecule has 2 aromatic carbocycles. The summed E-state index contributed by atoms with van der Waals surface area (Å²) >= 11 is 0.